The van der Waals surface area contributed by atoms with Crippen molar-refractivity contribution in [3.8, 4) is 0 Å². The van der Waals surface area contributed by atoms with Crippen molar-refractivity contribution in [2.45, 2.75) is 6.92 Å². The quantitative estimate of drug-likeness (QED) is 0.671. The highest BCUT2D eigenvalue weighted by Crippen LogP contribution is 2.03. The average molecular weight is 191 g/mol. The van der Waals surface area contributed by atoms with Gasteiger partial charge in [0, 0.05) is 12.2 Å². The summed E-state index contributed by atoms with van der Waals surface area (Å²) in [5.74, 6) is -1.28. The Hall–Kier alpha value is -1.84. The number of hydrogen-bond donors (Lipinski definition) is 2. The van der Waals surface area contributed by atoms with E-state index in [-0.39, 0.29) is 0 Å². The largest absolute Gasteiger partial charge is 0.348 e. The molecule has 2 N–H and O–H groups in total. The summed E-state index contributed by atoms with van der Waals surface area (Å²) in [4.78, 5) is 22.2. The molecule has 0 fully saturated rings. The highest BCUT2D eigenvalue weighted by Gasteiger charge is 2.11. The Morgan fingerprint density at radius 2 is 1.93 bits per heavy atom. The van der Waals surface area contributed by atoms with Crippen LogP contribution in [-0.2, 0) is 9.59 Å². The first kappa shape index (κ1) is 10.2. The molecular formula is C10H11N2O2. The van der Waals surface area contributed by atoms with Gasteiger partial charge >= 0.3 is 11.8 Å². The van der Waals surface area contributed by atoms with Gasteiger partial charge in [-0.3, -0.25) is 9.59 Å². The number of anilines is 1. The molecule has 14 heavy (non-hydrogen) atoms. The second-order valence-corrected chi connectivity index (χ2v) is 2.60. The van der Waals surface area contributed by atoms with Gasteiger partial charge in [0.25, 0.3) is 0 Å². The molecule has 0 atom stereocenters. The van der Waals surface area contributed by atoms with E-state index >= 15 is 0 Å². The third kappa shape index (κ3) is 2.90. The number of nitrogens with one attached hydrogen (secondary N) is 2. The third-order valence-corrected chi connectivity index (χ3v) is 1.52. The minimum atomic E-state index is -0.655. The van der Waals surface area contributed by atoms with E-state index in [1.165, 1.54) is 0 Å². The lowest BCUT2D eigenvalue weighted by Crippen LogP contribution is -2.35. The van der Waals surface area contributed by atoms with E-state index in [0.717, 1.165) is 0 Å². The summed E-state index contributed by atoms with van der Waals surface area (Å²) < 4.78 is 0. The first-order valence-electron chi connectivity index (χ1n) is 4.29. The third-order valence-electron chi connectivity index (χ3n) is 1.52. The second-order valence-electron chi connectivity index (χ2n) is 2.60. The van der Waals surface area contributed by atoms with Gasteiger partial charge in [-0.2, -0.15) is 0 Å². The molecule has 0 aliphatic heterocycles. The van der Waals surface area contributed by atoms with Gasteiger partial charge in [0.1, 0.15) is 0 Å². The molecule has 4 heteroatoms. The smallest absolute Gasteiger partial charge is 0.313 e. The molecule has 73 valence electrons. The minimum absolute atomic E-state index is 0.439. The Kier molecular flexibility index (Phi) is 3.67. The van der Waals surface area contributed by atoms with Gasteiger partial charge in [-0.1, -0.05) is 12.1 Å². The Bertz CT molecular complexity index is 322. The maximum atomic E-state index is 11.2. The lowest BCUT2D eigenvalue weighted by Gasteiger charge is -2.03. The van der Waals surface area contributed by atoms with E-state index in [1.54, 1.807) is 31.2 Å². The topological polar surface area (TPSA) is 58.2 Å². The summed E-state index contributed by atoms with van der Waals surface area (Å²) >= 11 is 0. The predicted molar refractivity (Wildman–Crippen MR) is 52.6 cm³/mol. The van der Waals surface area contributed by atoms with Gasteiger partial charge in [-0.05, 0) is 25.1 Å². The van der Waals surface area contributed by atoms with Crippen LogP contribution in [0.4, 0.5) is 5.69 Å². The molecular weight excluding hydrogens is 180 g/mol. The average Bonchev–Trinajstić information content (AvgIpc) is 2.19. The van der Waals surface area contributed by atoms with Crippen molar-refractivity contribution >= 4 is 17.5 Å². The van der Waals surface area contributed by atoms with Crippen molar-refractivity contribution in [1.82, 2.24) is 5.32 Å². The van der Waals surface area contributed by atoms with Crippen LogP contribution < -0.4 is 10.6 Å². The van der Waals surface area contributed by atoms with Crippen molar-refractivity contribution in [3.63, 3.8) is 0 Å². The second kappa shape index (κ2) is 5.01. The Morgan fingerprint density at radius 1 is 1.29 bits per heavy atom. The van der Waals surface area contributed by atoms with Crippen molar-refractivity contribution < 1.29 is 9.59 Å². The van der Waals surface area contributed by atoms with Gasteiger partial charge in [-0.25, -0.2) is 0 Å². The summed E-state index contributed by atoms with van der Waals surface area (Å²) in [7, 11) is 0. The van der Waals surface area contributed by atoms with E-state index in [4.69, 9.17) is 0 Å². The number of hydrogen-bond acceptors (Lipinski definition) is 2. The van der Waals surface area contributed by atoms with E-state index < -0.39 is 11.8 Å². The molecule has 0 spiro atoms. The minimum Gasteiger partial charge on any atom is -0.348 e. The summed E-state index contributed by atoms with van der Waals surface area (Å²) in [5, 5.41) is 4.86. The summed E-state index contributed by atoms with van der Waals surface area (Å²) in [6.45, 7) is 2.19. The molecule has 0 aromatic heterocycles. The molecule has 0 aliphatic rings. The molecule has 1 radical (unpaired) electrons. The Balaban J connectivity index is 2.53. The van der Waals surface area contributed by atoms with Crippen molar-refractivity contribution in [2.75, 3.05) is 11.9 Å². The Labute approximate surface area is 82.3 Å². The lowest BCUT2D eigenvalue weighted by molar-refractivity contribution is -0.136. The first-order valence-corrected chi connectivity index (χ1v) is 4.29. The fourth-order valence-electron chi connectivity index (χ4n) is 0.899. The van der Waals surface area contributed by atoms with Crippen molar-refractivity contribution in [1.29, 1.82) is 0 Å². The van der Waals surface area contributed by atoms with Crippen LogP contribution in [0.5, 0.6) is 0 Å². The zero-order valence-corrected chi connectivity index (χ0v) is 7.83. The lowest BCUT2D eigenvalue weighted by atomic mass is 10.3. The molecule has 1 aromatic rings. The molecule has 0 bridgehead atoms. The van der Waals surface area contributed by atoms with Gasteiger partial charge < -0.3 is 10.6 Å². The highest BCUT2D eigenvalue weighted by atomic mass is 16.2. The fraction of sp³-hybridized carbons (Fsp3) is 0.200. The highest BCUT2D eigenvalue weighted by molar-refractivity contribution is 6.39. The molecule has 0 aliphatic carbocycles. The fourth-order valence-corrected chi connectivity index (χ4v) is 0.899. The van der Waals surface area contributed by atoms with Crippen LogP contribution >= 0.6 is 0 Å². The normalized spacial score (nSPS) is 9.21. The van der Waals surface area contributed by atoms with Crippen LogP contribution in [0.1, 0.15) is 6.92 Å². The molecule has 0 saturated heterocycles. The zero-order valence-electron chi connectivity index (χ0n) is 7.83. The number of amides is 2. The van der Waals surface area contributed by atoms with Crippen molar-refractivity contribution in [3.05, 3.63) is 30.3 Å². The summed E-state index contributed by atoms with van der Waals surface area (Å²) in [6.07, 6.45) is 0. The van der Waals surface area contributed by atoms with Crippen LogP contribution in [0.25, 0.3) is 0 Å². The van der Waals surface area contributed by atoms with Crippen LogP contribution in [-0.4, -0.2) is 18.4 Å². The van der Waals surface area contributed by atoms with Crippen LogP contribution in [0, 0.1) is 6.07 Å². The van der Waals surface area contributed by atoms with Gasteiger partial charge in [0.05, 0.1) is 0 Å². The van der Waals surface area contributed by atoms with Crippen LogP contribution in [0.2, 0.25) is 0 Å². The summed E-state index contributed by atoms with van der Waals surface area (Å²) in [6, 6.07) is 9.46. The van der Waals surface area contributed by atoms with Gasteiger partial charge in [0.2, 0.25) is 0 Å². The molecule has 1 rings (SSSR count). The molecule has 0 saturated carbocycles. The molecule has 2 amide bonds. The number of carbonyl (C=O) groups excluding carboxylic acids is 2. The number of likely N-dealkylation sites (N-methyl/N-ethyl adjacent to an activating group) is 1. The number of benzene rings is 1. The van der Waals surface area contributed by atoms with E-state index in [9.17, 15) is 9.59 Å². The molecule has 1 aromatic carbocycles. The van der Waals surface area contributed by atoms with Crippen LogP contribution in [0.3, 0.4) is 0 Å². The monoisotopic (exact) mass is 191 g/mol. The van der Waals surface area contributed by atoms with E-state index in [0.29, 0.717) is 12.2 Å². The maximum absolute atomic E-state index is 11.2. The molecule has 0 heterocycles. The predicted octanol–water partition coefficient (Wildman–Crippen LogP) is 0.561. The SMILES string of the molecule is CCNC(=O)C(=O)Nc1cc[c]cc1. The van der Waals surface area contributed by atoms with Gasteiger partial charge in [-0.15, -0.1) is 0 Å². The number of carbonyl (C=O) groups is 2. The van der Waals surface area contributed by atoms with E-state index in [2.05, 4.69) is 16.7 Å². The Morgan fingerprint density at radius 3 is 2.50 bits per heavy atom. The zero-order chi connectivity index (χ0) is 10.4. The molecule has 0 unspecified atom stereocenters. The van der Waals surface area contributed by atoms with Crippen LogP contribution in [0.15, 0.2) is 24.3 Å². The van der Waals surface area contributed by atoms with E-state index in [1.807, 2.05) is 0 Å². The first-order chi connectivity index (χ1) is 6.74. The maximum Gasteiger partial charge on any atom is 0.313 e. The summed E-state index contributed by atoms with van der Waals surface area (Å²) in [5.41, 5.74) is 0.583. The number of rotatable bonds is 2. The standard InChI is InChI=1S/C10H11N2O2/c1-2-11-9(13)10(14)12-8-6-4-3-5-7-8/h4-7H,2H2,1H3,(H,11,13)(H,12,14). The molecule has 4 nitrogen and oxygen atoms in total. The van der Waals surface area contributed by atoms with Gasteiger partial charge in [0.15, 0.2) is 0 Å². The van der Waals surface area contributed by atoms with Crippen molar-refractivity contribution in [2.24, 2.45) is 0 Å².